The lowest BCUT2D eigenvalue weighted by atomic mass is 9.58. The highest BCUT2D eigenvalue weighted by molar-refractivity contribution is 5.93. The summed E-state index contributed by atoms with van der Waals surface area (Å²) in [4.78, 5) is 17.0. The summed E-state index contributed by atoms with van der Waals surface area (Å²) in [6, 6.07) is 0. The van der Waals surface area contributed by atoms with Gasteiger partial charge in [0.25, 0.3) is 0 Å². The van der Waals surface area contributed by atoms with Crippen molar-refractivity contribution in [3.63, 3.8) is 0 Å². The fraction of sp³-hybridized carbons (Fsp3) is 0.810. The van der Waals surface area contributed by atoms with E-state index >= 15 is 0 Å². The van der Waals surface area contributed by atoms with Crippen molar-refractivity contribution >= 4 is 11.7 Å². The SMILES string of the molecule is C=CC[C@@]1(C2=NCCC2)[C@H](CCOC(=O)C(C)(C)C)[C@H]2O[C@@H]1C[C@@H]2C. The largest absolute Gasteiger partial charge is 0.465 e. The van der Waals surface area contributed by atoms with Gasteiger partial charge in [0.05, 0.1) is 24.2 Å². The van der Waals surface area contributed by atoms with E-state index in [1.165, 1.54) is 5.71 Å². The maximum atomic E-state index is 12.1. The van der Waals surface area contributed by atoms with Gasteiger partial charge in [0.1, 0.15) is 0 Å². The Morgan fingerprint density at radius 1 is 1.48 bits per heavy atom. The Balaban J connectivity index is 1.78. The zero-order valence-corrected chi connectivity index (χ0v) is 16.2. The highest BCUT2D eigenvalue weighted by Gasteiger charge is 2.63. The lowest BCUT2D eigenvalue weighted by molar-refractivity contribution is -0.153. The third kappa shape index (κ3) is 3.18. The van der Waals surface area contributed by atoms with E-state index in [4.69, 9.17) is 14.5 Å². The number of ether oxygens (including phenoxy) is 2. The van der Waals surface area contributed by atoms with E-state index in [0.29, 0.717) is 18.4 Å². The molecular weight excluding hydrogens is 314 g/mol. The Morgan fingerprint density at radius 2 is 2.24 bits per heavy atom. The molecule has 25 heavy (non-hydrogen) atoms. The summed E-state index contributed by atoms with van der Waals surface area (Å²) in [5.41, 5.74) is 0.856. The summed E-state index contributed by atoms with van der Waals surface area (Å²) < 4.78 is 12.0. The van der Waals surface area contributed by atoms with Crippen LogP contribution in [0.3, 0.4) is 0 Å². The Bertz CT molecular complexity index is 562. The van der Waals surface area contributed by atoms with Crippen LogP contribution in [0, 0.1) is 22.7 Å². The van der Waals surface area contributed by atoms with Gasteiger partial charge in [-0.2, -0.15) is 0 Å². The molecule has 0 spiro atoms. The molecule has 0 N–H and O–H groups in total. The second-order valence-corrected chi connectivity index (χ2v) is 9.05. The number of nitrogens with zero attached hydrogens (tertiary/aromatic N) is 1. The molecule has 0 amide bonds. The maximum Gasteiger partial charge on any atom is 0.311 e. The first-order valence-electron chi connectivity index (χ1n) is 9.78. The molecule has 3 rings (SSSR count). The van der Waals surface area contributed by atoms with E-state index in [9.17, 15) is 4.79 Å². The van der Waals surface area contributed by atoms with Gasteiger partial charge in [-0.3, -0.25) is 9.79 Å². The first kappa shape index (κ1) is 18.6. The molecule has 5 atom stereocenters. The molecule has 0 unspecified atom stereocenters. The number of rotatable bonds is 6. The topological polar surface area (TPSA) is 47.9 Å². The second kappa shape index (κ2) is 6.86. The van der Waals surface area contributed by atoms with E-state index in [2.05, 4.69) is 13.5 Å². The van der Waals surface area contributed by atoms with Crippen molar-refractivity contribution in [3.05, 3.63) is 12.7 Å². The van der Waals surface area contributed by atoms with Crippen molar-refractivity contribution in [2.45, 2.75) is 72.0 Å². The van der Waals surface area contributed by atoms with E-state index in [1.807, 2.05) is 26.8 Å². The monoisotopic (exact) mass is 347 g/mol. The minimum Gasteiger partial charge on any atom is -0.465 e. The Morgan fingerprint density at radius 3 is 2.84 bits per heavy atom. The van der Waals surface area contributed by atoms with E-state index in [1.54, 1.807) is 0 Å². The molecule has 2 bridgehead atoms. The fourth-order valence-corrected chi connectivity index (χ4v) is 5.08. The van der Waals surface area contributed by atoms with Crippen LogP contribution in [0.15, 0.2) is 17.6 Å². The van der Waals surface area contributed by atoms with Crippen LogP contribution < -0.4 is 0 Å². The van der Waals surface area contributed by atoms with Crippen LogP contribution in [0.5, 0.6) is 0 Å². The number of carbonyl (C=O) groups is 1. The number of aliphatic imine (C=N–C) groups is 1. The number of allylic oxidation sites excluding steroid dienone is 1. The predicted molar refractivity (Wildman–Crippen MR) is 99.7 cm³/mol. The van der Waals surface area contributed by atoms with Crippen LogP contribution >= 0.6 is 0 Å². The highest BCUT2D eigenvalue weighted by Crippen LogP contribution is 2.59. The van der Waals surface area contributed by atoms with Gasteiger partial charge in [0, 0.05) is 23.6 Å². The molecule has 3 heterocycles. The first-order valence-corrected chi connectivity index (χ1v) is 9.78. The summed E-state index contributed by atoms with van der Waals surface area (Å²) >= 11 is 0. The first-order chi connectivity index (χ1) is 11.8. The zero-order chi connectivity index (χ0) is 18.2. The molecule has 4 nitrogen and oxygen atoms in total. The summed E-state index contributed by atoms with van der Waals surface area (Å²) in [5.74, 6) is 0.800. The number of carbonyl (C=O) groups excluding carboxylic acids is 1. The third-order valence-electron chi connectivity index (χ3n) is 6.27. The molecular formula is C21H33NO3. The van der Waals surface area contributed by atoms with Crippen LogP contribution in [0.4, 0.5) is 0 Å². The number of esters is 1. The summed E-state index contributed by atoms with van der Waals surface area (Å²) in [6.07, 6.45) is 7.62. The van der Waals surface area contributed by atoms with Crippen LogP contribution in [-0.4, -0.2) is 37.0 Å². The van der Waals surface area contributed by atoms with Gasteiger partial charge in [0.2, 0.25) is 0 Å². The van der Waals surface area contributed by atoms with Crippen molar-refractivity contribution < 1.29 is 14.3 Å². The zero-order valence-electron chi connectivity index (χ0n) is 16.2. The smallest absolute Gasteiger partial charge is 0.311 e. The molecule has 140 valence electrons. The summed E-state index contributed by atoms with van der Waals surface area (Å²) in [5, 5.41) is 0. The number of hydrogen-bond acceptors (Lipinski definition) is 4. The van der Waals surface area contributed by atoms with Crippen molar-refractivity contribution in [3.8, 4) is 0 Å². The molecule has 3 aliphatic rings. The predicted octanol–water partition coefficient (Wildman–Crippen LogP) is 4.19. The molecule has 0 aromatic heterocycles. The Kier molecular flexibility index (Phi) is 5.11. The summed E-state index contributed by atoms with van der Waals surface area (Å²) in [6.45, 7) is 13.4. The maximum absolute atomic E-state index is 12.1. The van der Waals surface area contributed by atoms with Crippen LogP contribution in [0.1, 0.15) is 59.8 Å². The van der Waals surface area contributed by atoms with Gasteiger partial charge in [-0.15, -0.1) is 6.58 Å². The van der Waals surface area contributed by atoms with E-state index in [0.717, 1.165) is 38.6 Å². The number of fused-ring (bicyclic) bond motifs is 2. The third-order valence-corrected chi connectivity index (χ3v) is 6.27. The second-order valence-electron chi connectivity index (χ2n) is 9.05. The highest BCUT2D eigenvalue weighted by atomic mass is 16.5. The minimum atomic E-state index is -0.452. The molecule has 0 saturated carbocycles. The number of hydrogen-bond donors (Lipinski definition) is 0. The van der Waals surface area contributed by atoms with Crippen LogP contribution in [0.25, 0.3) is 0 Å². The van der Waals surface area contributed by atoms with Gasteiger partial charge >= 0.3 is 5.97 Å². The van der Waals surface area contributed by atoms with Crippen molar-refractivity contribution in [1.82, 2.24) is 0 Å². The fourth-order valence-electron chi connectivity index (χ4n) is 5.08. The normalized spacial score (nSPS) is 37.2. The molecule has 4 heteroatoms. The Hall–Kier alpha value is -1.16. The van der Waals surface area contributed by atoms with Crippen LogP contribution in [0.2, 0.25) is 0 Å². The molecule has 0 aromatic carbocycles. The van der Waals surface area contributed by atoms with Gasteiger partial charge in [-0.25, -0.2) is 0 Å². The molecule has 2 fully saturated rings. The molecule has 0 radical (unpaired) electrons. The van der Waals surface area contributed by atoms with Gasteiger partial charge < -0.3 is 9.47 Å². The lowest BCUT2D eigenvalue weighted by Gasteiger charge is -2.43. The standard InChI is InChI=1S/C21H33NO3/c1-6-10-21(16-8-7-11-22-16)15(18-14(2)13-17(21)25-18)9-12-24-19(23)20(3,4)5/h6,14-15,17-18H,1,7-13H2,2-5H3/t14-,15+,17+,18-,21-/m0/s1. The van der Waals surface area contributed by atoms with Gasteiger partial charge in [0.15, 0.2) is 0 Å². The average molecular weight is 347 g/mol. The van der Waals surface area contributed by atoms with Crippen LogP contribution in [-0.2, 0) is 14.3 Å². The molecule has 0 aliphatic carbocycles. The quantitative estimate of drug-likeness (QED) is 0.535. The van der Waals surface area contributed by atoms with E-state index in [-0.39, 0.29) is 23.6 Å². The lowest BCUT2D eigenvalue weighted by Crippen LogP contribution is -2.48. The molecule has 0 aromatic rings. The van der Waals surface area contributed by atoms with Crippen molar-refractivity contribution in [2.24, 2.45) is 27.7 Å². The minimum absolute atomic E-state index is 0.0242. The Labute approximate surface area is 152 Å². The van der Waals surface area contributed by atoms with E-state index < -0.39 is 5.41 Å². The average Bonchev–Trinajstić information content (AvgIpc) is 3.23. The van der Waals surface area contributed by atoms with Gasteiger partial charge in [-0.05, 0) is 58.8 Å². The van der Waals surface area contributed by atoms with Gasteiger partial charge in [-0.1, -0.05) is 13.0 Å². The van der Waals surface area contributed by atoms with Crippen molar-refractivity contribution in [2.75, 3.05) is 13.2 Å². The van der Waals surface area contributed by atoms with Crippen molar-refractivity contribution in [1.29, 1.82) is 0 Å². The molecule has 3 aliphatic heterocycles. The molecule has 2 saturated heterocycles. The summed E-state index contributed by atoms with van der Waals surface area (Å²) in [7, 11) is 0.